The van der Waals surface area contributed by atoms with Gasteiger partial charge in [-0.05, 0) is 13.8 Å². The molecule has 0 saturated carbocycles. The summed E-state index contributed by atoms with van der Waals surface area (Å²) in [5.41, 5.74) is 6.54. The summed E-state index contributed by atoms with van der Waals surface area (Å²) in [5.74, 6) is -0.590. The maximum Gasteiger partial charge on any atom is 0.254 e. The minimum absolute atomic E-state index is 0.590. The molecular formula is C4H7BrNO. The highest BCUT2D eigenvalue weighted by Gasteiger charge is 2.19. The van der Waals surface area contributed by atoms with Crippen molar-refractivity contribution >= 4 is 21.8 Å². The number of hydrogen-bond donors (Lipinski definition) is 0. The van der Waals surface area contributed by atoms with Crippen LogP contribution in [0.5, 0.6) is 0 Å². The number of carbonyl (C=O) groups excluding carboxylic acids is 1. The maximum absolute atomic E-state index is 10.1. The van der Waals surface area contributed by atoms with Crippen molar-refractivity contribution in [2.45, 2.75) is 18.2 Å². The molecule has 0 aromatic carbocycles. The van der Waals surface area contributed by atoms with Crippen molar-refractivity contribution in [3.05, 3.63) is 0 Å². The Hall–Kier alpha value is -0.0500. The molecule has 0 bridgehead atoms. The molecule has 0 atom stereocenters. The second-order valence-electron chi connectivity index (χ2n) is 1.80. The Bertz CT molecular complexity index is 84.2. The van der Waals surface area contributed by atoms with Gasteiger partial charge in [-0.1, -0.05) is 15.9 Å². The lowest BCUT2D eigenvalue weighted by molar-refractivity contribution is -0.120. The second kappa shape index (κ2) is 1.82. The molecule has 7 heavy (non-hydrogen) atoms. The van der Waals surface area contributed by atoms with Gasteiger partial charge in [-0.3, -0.25) is 10.5 Å². The molecular weight excluding hydrogens is 158 g/mol. The smallest absolute Gasteiger partial charge is 0.254 e. The van der Waals surface area contributed by atoms with Crippen LogP contribution in [0, 0.1) is 0 Å². The Labute approximate surface area is 51.2 Å². The molecule has 0 spiro atoms. The van der Waals surface area contributed by atoms with Crippen LogP contribution in [-0.4, -0.2) is 10.2 Å². The van der Waals surface area contributed by atoms with Crippen LogP contribution in [0.1, 0.15) is 13.8 Å². The van der Waals surface area contributed by atoms with Gasteiger partial charge in [0.15, 0.2) is 0 Å². The third-order valence-corrected chi connectivity index (χ3v) is 0.900. The second-order valence-corrected chi connectivity index (χ2v) is 3.78. The van der Waals surface area contributed by atoms with Crippen LogP contribution in [0.2, 0.25) is 0 Å². The first kappa shape index (κ1) is 6.95. The van der Waals surface area contributed by atoms with E-state index in [0.717, 1.165) is 0 Å². The lowest BCUT2D eigenvalue weighted by atomic mass is 10.2. The molecule has 0 saturated heterocycles. The Balaban J connectivity index is 3.79. The van der Waals surface area contributed by atoms with Crippen LogP contribution < -0.4 is 5.73 Å². The van der Waals surface area contributed by atoms with Gasteiger partial charge in [0.05, 0.1) is 0 Å². The summed E-state index contributed by atoms with van der Waals surface area (Å²) in [6.45, 7) is 3.28. The third-order valence-electron chi connectivity index (χ3n) is 0.540. The molecule has 41 valence electrons. The van der Waals surface area contributed by atoms with E-state index in [4.69, 9.17) is 5.73 Å². The summed E-state index contributed by atoms with van der Waals surface area (Å²) in [7, 11) is 0. The Morgan fingerprint density at radius 1 is 1.71 bits per heavy atom. The average Bonchev–Trinajstić information content (AvgIpc) is 1.31. The predicted octanol–water partition coefficient (Wildman–Crippen LogP) is 0.969. The first-order valence-electron chi connectivity index (χ1n) is 1.89. The first-order chi connectivity index (χ1) is 2.94. The van der Waals surface area contributed by atoms with Crippen molar-refractivity contribution < 1.29 is 4.79 Å². The largest absolute Gasteiger partial charge is 0.272 e. The normalized spacial score (nSPS) is 11.3. The van der Waals surface area contributed by atoms with Crippen molar-refractivity contribution in [3.63, 3.8) is 0 Å². The van der Waals surface area contributed by atoms with E-state index < -0.39 is 10.2 Å². The molecule has 3 heteroatoms. The van der Waals surface area contributed by atoms with Crippen LogP contribution in [0.4, 0.5) is 0 Å². The number of halogens is 1. The number of amides is 1. The van der Waals surface area contributed by atoms with Gasteiger partial charge >= 0.3 is 0 Å². The minimum Gasteiger partial charge on any atom is -0.272 e. The summed E-state index contributed by atoms with van der Waals surface area (Å²) >= 11 is 3.01. The molecule has 0 aromatic heterocycles. The zero-order valence-electron chi connectivity index (χ0n) is 4.29. The van der Waals surface area contributed by atoms with E-state index in [1.807, 2.05) is 0 Å². The summed E-state index contributed by atoms with van der Waals surface area (Å²) in [5, 5.41) is 0. The van der Waals surface area contributed by atoms with Gasteiger partial charge in [-0.25, -0.2) is 0 Å². The quantitative estimate of drug-likeness (QED) is 0.533. The van der Waals surface area contributed by atoms with Crippen molar-refractivity contribution in [1.82, 2.24) is 5.73 Å². The van der Waals surface area contributed by atoms with Crippen molar-refractivity contribution in [3.8, 4) is 0 Å². The van der Waals surface area contributed by atoms with E-state index in [-0.39, 0.29) is 0 Å². The predicted molar refractivity (Wildman–Crippen MR) is 31.1 cm³/mol. The van der Waals surface area contributed by atoms with Crippen LogP contribution in [-0.2, 0) is 4.79 Å². The highest BCUT2D eigenvalue weighted by molar-refractivity contribution is 9.10. The van der Waals surface area contributed by atoms with Crippen LogP contribution >= 0.6 is 15.9 Å². The molecule has 1 N–H and O–H groups in total. The monoisotopic (exact) mass is 164 g/mol. The van der Waals surface area contributed by atoms with Gasteiger partial charge < -0.3 is 0 Å². The summed E-state index contributed by atoms with van der Waals surface area (Å²) in [6.07, 6.45) is 0. The van der Waals surface area contributed by atoms with Crippen molar-refractivity contribution in [2.24, 2.45) is 0 Å². The van der Waals surface area contributed by atoms with E-state index >= 15 is 0 Å². The molecule has 0 heterocycles. The third kappa shape index (κ3) is 2.62. The average molecular weight is 165 g/mol. The zero-order chi connectivity index (χ0) is 6.08. The topological polar surface area (TPSA) is 40.9 Å². The van der Waals surface area contributed by atoms with Crippen molar-refractivity contribution in [2.75, 3.05) is 0 Å². The molecule has 1 radical (unpaired) electrons. The molecule has 0 aliphatic carbocycles. The molecule has 1 amide bonds. The zero-order valence-corrected chi connectivity index (χ0v) is 5.87. The lowest BCUT2D eigenvalue weighted by Crippen LogP contribution is -2.24. The number of alkyl halides is 1. The van der Waals surface area contributed by atoms with Gasteiger partial charge in [0, 0.05) is 0 Å². The van der Waals surface area contributed by atoms with E-state index in [0.29, 0.717) is 0 Å². The summed E-state index contributed by atoms with van der Waals surface area (Å²) in [6, 6.07) is 0. The van der Waals surface area contributed by atoms with E-state index in [9.17, 15) is 4.79 Å². The Morgan fingerprint density at radius 3 is 1.86 bits per heavy atom. The van der Waals surface area contributed by atoms with Gasteiger partial charge in [0.25, 0.3) is 5.91 Å². The fourth-order valence-electron chi connectivity index (χ4n) is 0. The number of nitrogens with one attached hydrogen (secondary N) is 1. The van der Waals surface area contributed by atoms with Crippen LogP contribution in [0.15, 0.2) is 0 Å². The highest BCUT2D eigenvalue weighted by Crippen LogP contribution is 2.13. The number of rotatable bonds is 1. The fourth-order valence-corrected chi connectivity index (χ4v) is 0. The SMILES string of the molecule is CC(C)(Br)C([NH])=O. The minimum atomic E-state index is -0.660. The van der Waals surface area contributed by atoms with Gasteiger partial charge in [0.2, 0.25) is 0 Å². The van der Waals surface area contributed by atoms with Gasteiger partial charge in [-0.2, -0.15) is 0 Å². The summed E-state index contributed by atoms with van der Waals surface area (Å²) in [4.78, 5) is 10.1. The molecule has 0 fully saturated rings. The molecule has 0 aliphatic heterocycles. The highest BCUT2D eigenvalue weighted by atomic mass is 79.9. The van der Waals surface area contributed by atoms with Crippen LogP contribution in [0.3, 0.4) is 0 Å². The van der Waals surface area contributed by atoms with Crippen molar-refractivity contribution in [1.29, 1.82) is 0 Å². The summed E-state index contributed by atoms with van der Waals surface area (Å²) < 4.78 is -0.660. The maximum atomic E-state index is 10.1. The fraction of sp³-hybridized carbons (Fsp3) is 0.750. The number of hydrogen-bond acceptors (Lipinski definition) is 1. The van der Waals surface area contributed by atoms with E-state index in [2.05, 4.69) is 15.9 Å². The van der Waals surface area contributed by atoms with Gasteiger partial charge in [-0.15, -0.1) is 0 Å². The van der Waals surface area contributed by atoms with E-state index in [1.54, 1.807) is 13.8 Å². The Morgan fingerprint density at radius 2 is 1.86 bits per heavy atom. The molecule has 0 unspecified atom stereocenters. The van der Waals surface area contributed by atoms with Crippen LogP contribution in [0.25, 0.3) is 0 Å². The molecule has 0 rings (SSSR count). The lowest BCUT2D eigenvalue weighted by Gasteiger charge is -2.06. The van der Waals surface area contributed by atoms with Gasteiger partial charge in [0.1, 0.15) is 4.32 Å². The Kier molecular flexibility index (Phi) is 1.81. The standard InChI is InChI=1S/C4H7BrNO/c1-4(2,5)3(6)7/h6H,1-2H3. The molecule has 0 aliphatic rings. The molecule has 0 aromatic rings. The molecule has 2 nitrogen and oxygen atoms in total. The number of carbonyl (C=O) groups is 1. The van der Waals surface area contributed by atoms with E-state index in [1.165, 1.54) is 0 Å². The first-order valence-corrected chi connectivity index (χ1v) is 2.69.